The van der Waals surface area contributed by atoms with Crippen LogP contribution in [0.4, 0.5) is 10.1 Å². The number of fused-ring (bicyclic) bond motifs is 1. The van der Waals surface area contributed by atoms with Gasteiger partial charge in [0.15, 0.2) is 5.82 Å². The molecule has 1 heterocycles. The Morgan fingerprint density at radius 2 is 2.12 bits per heavy atom. The molecule has 0 aliphatic rings. The van der Waals surface area contributed by atoms with E-state index < -0.39 is 11.7 Å². The summed E-state index contributed by atoms with van der Waals surface area (Å²) in [6.07, 6.45) is 1.39. The van der Waals surface area contributed by atoms with Crippen LogP contribution in [0.1, 0.15) is 6.42 Å². The first kappa shape index (κ1) is 17.6. The summed E-state index contributed by atoms with van der Waals surface area (Å²) in [6.45, 7) is 0.127. The second kappa shape index (κ2) is 7.33. The van der Waals surface area contributed by atoms with Gasteiger partial charge >= 0.3 is 0 Å². The zero-order valence-corrected chi connectivity index (χ0v) is 15.1. The van der Waals surface area contributed by atoms with Crippen LogP contribution in [0, 0.1) is 5.82 Å². The molecule has 25 heavy (non-hydrogen) atoms. The van der Waals surface area contributed by atoms with Crippen LogP contribution < -0.4 is 10.9 Å². The first-order chi connectivity index (χ1) is 12.0. The number of benzene rings is 2. The van der Waals surface area contributed by atoms with Crippen molar-refractivity contribution in [2.24, 2.45) is 0 Å². The number of hydrogen-bond acceptors (Lipinski definition) is 3. The third-order valence-corrected chi connectivity index (χ3v) is 4.38. The van der Waals surface area contributed by atoms with E-state index in [9.17, 15) is 14.0 Å². The lowest BCUT2D eigenvalue weighted by atomic mass is 10.2. The number of nitrogens with zero attached hydrogens (tertiary/aromatic N) is 2. The highest BCUT2D eigenvalue weighted by molar-refractivity contribution is 9.10. The number of aromatic nitrogens is 2. The van der Waals surface area contributed by atoms with Gasteiger partial charge in [0.05, 0.1) is 27.9 Å². The highest BCUT2D eigenvalue weighted by Gasteiger charge is 2.11. The molecule has 0 spiro atoms. The maximum absolute atomic E-state index is 13.8. The molecule has 0 aliphatic heterocycles. The molecule has 0 saturated carbocycles. The number of nitrogens with one attached hydrogen (secondary N) is 1. The van der Waals surface area contributed by atoms with Crippen LogP contribution in [0.5, 0.6) is 0 Å². The normalized spacial score (nSPS) is 10.8. The molecule has 3 aromatic rings. The lowest BCUT2D eigenvalue weighted by molar-refractivity contribution is -0.116. The molecule has 0 radical (unpaired) electrons. The van der Waals surface area contributed by atoms with Gasteiger partial charge in [-0.05, 0) is 30.3 Å². The van der Waals surface area contributed by atoms with Gasteiger partial charge in [-0.25, -0.2) is 9.37 Å². The Morgan fingerprint density at radius 1 is 1.32 bits per heavy atom. The van der Waals surface area contributed by atoms with E-state index in [0.717, 1.165) is 4.47 Å². The summed E-state index contributed by atoms with van der Waals surface area (Å²) in [5, 5.41) is 2.83. The number of amides is 1. The highest BCUT2D eigenvalue weighted by atomic mass is 79.9. The van der Waals surface area contributed by atoms with Gasteiger partial charge in [-0.15, -0.1) is 0 Å². The standard InChI is InChI=1S/C17H12BrClFN3O2/c18-10-4-5-13-11(8-10)17(25)23(9-21-13)7-6-15(24)22-14-3-1-2-12(19)16(14)20/h1-5,8-9H,6-7H2,(H,22,24). The maximum Gasteiger partial charge on any atom is 0.261 e. The smallest absolute Gasteiger partial charge is 0.261 e. The Hall–Kier alpha value is -2.25. The van der Waals surface area contributed by atoms with Crippen LogP contribution in [-0.2, 0) is 11.3 Å². The van der Waals surface area contributed by atoms with Crippen molar-refractivity contribution in [3.05, 3.63) is 68.4 Å². The van der Waals surface area contributed by atoms with Gasteiger partial charge < -0.3 is 5.32 Å². The molecule has 0 fully saturated rings. The van der Waals surface area contributed by atoms with Crippen molar-refractivity contribution in [2.75, 3.05) is 5.32 Å². The molecule has 1 N–H and O–H groups in total. The molecule has 2 aromatic carbocycles. The minimum atomic E-state index is -0.688. The number of carbonyl (C=O) groups excluding carboxylic acids is 1. The zero-order valence-electron chi connectivity index (χ0n) is 12.8. The Bertz CT molecular complexity index is 1020. The third-order valence-electron chi connectivity index (χ3n) is 3.59. The fourth-order valence-corrected chi connectivity index (χ4v) is 2.86. The molecule has 3 rings (SSSR count). The lowest BCUT2D eigenvalue weighted by Gasteiger charge is -2.09. The zero-order chi connectivity index (χ0) is 18.0. The second-order valence-corrected chi connectivity index (χ2v) is 6.63. The van der Waals surface area contributed by atoms with E-state index in [1.807, 2.05) is 0 Å². The average molecular weight is 425 g/mol. The molecule has 8 heteroatoms. The molecule has 0 bridgehead atoms. The second-order valence-electron chi connectivity index (χ2n) is 5.30. The molecular formula is C17H12BrClFN3O2. The summed E-state index contributed by atoms with van der Waals surface area (Å²) in [7, 11) is 0. The summed E-state index contributed by atoms with van der Waals surface area (Å²) >= 11 is 8.99. The van der Waals surface area contributed by atoms with Crippen LogP contribution in [0.2, 0.25) is 5.02 Å². The summed E-state index contributed by atoms with van der Waals surface area (Å²) < 4.78 is 15.9. The number of rotatable bonds is 4. The van der Waals surface area contributed by atoms with E-state index in [2.05, 4.69) is 26.2 Å². The molecule has 0 unspecified atom stereocenters. The quantitative estimate of drug-likeness (QED) is 0.689. The van der Waals surface area contributed by atoms with Crippen molar-refractivity contribution in [3.8, 4) is 0 Å². The lowest BCUT2D eigenvalue weighted by Crippen LogP contribution is -2.23. The van der Waals surface area contributed by atoms with Crippen molar-refractivity contribution in [1.29, 1.82) is 0 Å². The van der Waals surface area contributed by atoms with Crippen molar-refractivity contribution in [2.45, 2.75) is 13.0 Å². The van der Waals surface area contributed by atoms with E-state index in [1.54, 1.807) is 18.2 Å². The van der Waals surface area contributed by atoms with Crippen LogP contribution in [0.3, 0.4) is 0 Å². The minimum Gasteiger partial charge on any atom is -0.323 e. The molecule has 0 aliphatic carbocycles. The maximum atomic E-state index is 13.8. The molecule has 5 nitrogen and oxygen atoms in total. The number of aryl methyl sites for hydroxylation is 1. The van der Waals surface area contributed by atoms with Crippen molar-refractivity contribution in [3.63, 3.8) is 0 Å². The SMILES string of the molecule is O=C(CCn1cnc2ccc(Br)cc2c1=O)Nc1cccc(Cl)c1F. The summed E-state index contributed by atoms with van der Waals surface area (Å²) in [5.74, 6) is -1.12. The van der Waals surface area contributed by atoms with Gasteiger partial charge in [-0.3, -0.25) is 14.2 Å². The molecule has 0 saturated heterocycles. The predicted octanol–water partition coefficient (Wildman–Crippen LogP) is 3.98. The van der Waals surface area contributed by atoms with Crippen LogP contribution in [-0.4, -0.2) is 15.5 Å². The van der Waals surface area contributed by atoms with Crippen molar-refractivity contribution in [1.82, 2.24) is 9.55 Å². The highest BCUT2D eigenvalue weighted by Crippen LogP contribution is 2.22. The van der Waals surface area contributed by atoms with Gasteiger partial charge in [0.25, 0.3) is 5.56 Å². The first-order valence-electron chi connectivity index (χ1n) is 7.34. The Labute approximate surface area is 155 Å². The fraction of sp³-hybridized carbons (Fsp3) is 0.118. The van der Waals surface area contributed by atoms with Gasteiger partial charge in [0, 0.05) is 17.4 Å². The van der Waals surface area contributed by atoms with Gasteiger partial charge in [0.2, 0.25) is 5.91 Å². The van der Waals surface area contributed by atoms with Crippen molar-refractivity contribution < 1.29 is 9.18 Å². The Morgan fingerprint density at radius 3 is 2.92 bits per heavy atom. The van der Waals surface area contributed by atoms with E-state index >= 15 is 0 Å². The van der Waals surface area contributed by atoms with Crippen LogP contribution in [0.25, 0.3) is 10.9 Å². The van der Waals surface area contributed by atoms with E-state index in [0.29, 0.717) is 10.9 Å². The largest absolute Gasteiger partial charge is 0.323 e. The molecular weight excluding hydrogens is 413 g/mol. The van der Waals surface area contributed by atoms with Crippen molar-refractivity contribution >= 4 is 50.0 Å². The number of anilines is 1. The van der Waals surface area contributed by atoms with E-state index in [1.165, 1.54) is 29.1 Å². The summed E-state index contributed by atoms with van der Waals surface area (Å²) in [6, 6.07) is 9.57. The fourth-order valence-electron chi connectivity index (χ4n) is 2.33. The first-order valence-corrected chi connectivity index (χ1v) is 8.51. The van der Waals surface area contributed by atoms with Gasteiger partial charge in [-0.1, -0.05) is 33.6 Å². The molecule has 1 aromatic heterocycles. The average Bonchev–Trinajstić information content (AvgIpc) is 2.59. The molecule has 1 amide bonds. The number of hydrogen-bond donors (Lipinski definition) is 1. The number of carbonyl (C=O) groups is 1. The topological polar surface area (TPSA) is 64.0 Å². The molecule has 0 atom stereocenters. The van der Waals surface area contributed by atoms with Gasteiger partial charge in [-0.2, -0.15) is 0 Å². The summed E-state index contributed by atoms with van der Waals surface area (Å²) in [4.78, 5) is 28.7. The van der Waals surface area contributed by atoms with Crippen LogP contribution in [0.15, 0.2) is 52.0 Å². The van der Waals surface area contributed by atoms with E-state index in [-0.39, 0.29) is 29.2 Å². The van der Waals surface area contributed by atoms with E-state index in [4.69, 9.17) is 11.6 Å². The Balaban J connectivity index is 1.74. The molecule has 128 valence electrons. The van der Waals surface area contributed by atoms with Gasteiger partial charge in [0.1, 0.15) is 0 Å². The Kier molecular flexibility index (Phi) is 5.15. The number of halogens is 3. The monoisotopic (exact) mass is 423 g/mol. The minimum absolute atomic E-state index is 0.00501. The predicted molar refractivity (Wildman–Crippen MR) is 98.4 cm³/mol. The summed E-state index contributed by atoms with van der Waals surface area (Å²) in [5.41, 5.74) is 0.341. The third kappa shape index (κ3) is 3.88. The van der Waals surface area contributed by atoms with Crippen LogP contribution >= 0.6 is 27.5 Å².